The largest absolute Gasteiger partial charge is 0.381 e. The van der Waals surface area contributed by atoms with Crippen molar-refractivity contribution in [2.45, 2.75) is 13.5 Å². The van der Waals surface area contributed by atoms with E-state index in [1.54, 1.807) is 11.3 Å². The molecule has 1 heterocycles. The molecule has 2 nitrogen and oxygen atoms in total. The van der Waals surface area contributed by atoms with Crippen LogP contribution in [0.3, 0.4) is 0 Å². The molecule has 16 heavy (non-hydrogen) atoms. The molecular weight excluding hydrogens is 216 g/mol. The molecule has 0 bridgehead atoms. The van der Waals surface area contributed by atoms with Crippen LogP contribution in [0.1, 0.15) is 16.7 Å². The Morgan fingerprint density at radius 2 is 2.25 bits per heavy atom. The highest BCUT2D eigenvalue weighted by molar-refractivity contribution is 7.07. The molecule has 0 saturated carbocycles. The molecule has 0 amide bonds. The molecule has 0 aliphatic heterocycles. The van der Waals surface area contributed by atoms with E-state index in [0.717, 1.165) is 23.4 Å². The molecular formula is C13H12N2S. The summed E-state index contributed by atoms with van der Waals surface area (Å²) in [7, 11) is 0. The van der Waals surface area contributed by atoms with E-state index in [9.17, 15) is 0 Å². The summed E-state index contributed by atoms with van der Waals surface area (Å²) in [6, 6.07) is 10.0. The Labute approximate surface area is 99.2 Å². The second kappa shape index (κ2) is 4.82. The van der Waals surface area contributed by atoms with Gasteiger partial charge in [0.15, 0.2) is 0 Å². The number of thiophene rings is 1. The lowest BCUT2D eigenvalue weighted by Gasteiger charge is -2.09. The number of hydrogen-bond donors (Lipinski definition) is 1. The molecule has 1 N–H and O–H groups in total. The van der Waals surface area contributed by atoms with Gasteiger partial charge in [0, 0.05) is 12.2 Å². The Morgan fingerprint density at radius 3 is 2.94 bits per heavy atom. The number of nitrogens with one attached hydrogen (secondary N) is 1. The van der Waals surface area contributed by atoms with Gasteiger partial charge in [0.2, 0.25) is 0 Å². The summed E-state index contributed by atoms with van der Waals surface area (Å²) in [5.74, 6) is 0. The summed E-state index contributed by atoms with van der Waals surface area (Å²) >= 11 is 1.69. The highest BCUT2D eigenvalue weighted by Crippen LogP contribution is 2.19. The number of hydrogen-bond acceptors (Lipinski definition) is 3. The Hall–Kier alpha value is -1.79. The van der Waals surface area contributed by atoms with Gasteiger partial charge in [-0.2, -0.15) is 16.6 Å². The molecule has 1 aromatic carbocycles. The van der Waals surface area contributed by atoms with Crippen molar-refractivity contribution in [1.29, 1.82) is 5.26 Å². The summed E-state index contributed by atoms with van der Waals surface area (Å²) in [5, 5.41) is 16.5. The van der Waals surface area contributed by atoms with Crippen LogP contribution < -0.4 is 5.32 Å². The Morgan fingerprint density at radius 1 is 1.38 bits per heavy atom. The van der Waals surface area contributed by atoms with E-state index >= 15 is 0 Å². The molecule has 0 atom stereocenters. The standard InChI is InChI=1S/C13H12N2S/c1-10-12(7-14)3-2-4-13(10)15-8-11-5-6-16-9-11/h2-6,9,15H,8H2,1H3. The molecule has 0 fully saturated rings. The average Bonchev–Trinajstić information content (AvgIpc) is 2.81. The van der Waals surface area contributed by atoms with Crippen LogP contribution >= 0.6 is 11.3 Å². The van der Waals surface area contributed by atoms with Crippen molar-refractivity contribution in [3.05, 3.63) is 51.7 Å². The zero-order valence-corrected chi connectivity index (χ0v) is 9.84. The predicted octanol–water partition coefficient (Wildman–Crippen LogP) is 3.54. The number of benzene rings is 1. The lowest BCUT2D eigenvalue weighted by atomic mass is 10.1. The van der Waals surface area contributed by atoms with Crippen LogP contribution in [-0.2, 0) is 6.54 Å². The monoisotopic (exact) mass is 228 g/mol. The zero-order valence-electron chi connectivity index (χ0n) is 9.03. The number of anilines is 1. The predicted molar refractivity (Wildman–Crippen MR) is 67.5 cm³/mol. The minimum absolute atomic E-state index is 0.732. The SMILES string of the molecule is Cc1c(C#N)cccc1NCc1ccsc1. The summed E-state index contributed by atoms with van der Waals surface area (Å²) in [4.78, 5) is 0. The maximum Gasteiger partial charge on any atom is 0.0995 e. The van der Waals surface area contributed by atoms with Crippen LogP contribution in [0.5, 0.6) is 0 Å². The topological polar surface area (TPSA) is 35.8 Å². The fraction of sp³-hybridized carbons (Fsp3) is 0.154. The van der Waals surface area contributed by atoms with Crippen LogP contribution in [0.25, 0.3) is 0 Å². The number of nitrogens with zero attached hydrogens (tertiary/aromatic N) is 1. The van der Waals surface area contributed by atoms with Gasteiger partial charge >= 0.3 is 0 Å². The van der Waals surface area contributed by atoms with E-state index in [4.69, 9.17) is 5.26 Å². The molecule has 0 radical (unpaired) electrons. The molecule has 80 valence electrons. The summed E-state index contributed by atoms with van der Waals surface area (Å²) in [6.07, 6.45) is 0. The third-order valence-electron chi connectivity index (χ3n) is 2.52. The number of nitriles is 1. The van der Waals surface area contributed by atoms with Crippen LogP contribution in [0.4, 0.5) is 5.69 Å². The van der Waals surface area contributed by atoms with E-state index in [1.165, 1.54) is 5.56 Å². The third-order valence-corrected chi connectivity index (χ3v) is 3.25. The highest BCUT2D eigenvalue weighted by atomic mass is 32.1. The zero-order chi connectivity index (χ0) is 11.4. The van der Waals surface area contributed by atoms with Gasteiger partial charge in [-0.1, -0.05) is 6.07 Å². The van der Waals surface area contributed by atoms with Crippen molar-refractivity contribution in [3.63, 3.8) is 0 Å². The summed E-state index contributed by atoms with van der Waals surface area (Å²) in [6.45, 7) is 2.77. The molecule has 2 rings (SSSR count). The third kappa shape index (κ3) is 2.23. The van der Waals surface area contributed by atoms with Gasteiger partial charge in [0.25, 0.3) is 0 Å². The van der Waals surface area contributed by atoms with Crippen molar-refractivity contribution in [2.75, 3.05) is 5.32 Å². The summed E-state index contributed by atoms with van der Waals surface area (Å²) < 4.78 is 0. The molecule has 3 heteroatoms. The molecule has 1 aromatic heterocycles. The minimum Gasteiger partial charge on any atom is -0.381 e. The average molecular weight is 228 g/mol. The van der Waals surface area contributed by atoms with E-state index in [1.807, 2.05) is 25.1 Å². The van der Waals surface area contributed by atoms with Crippen molar-refractivity contribution < 1.29 is 0 Å². The second-order valence-electron chi connectivity index (χ2n) is 3.58. The first-order valence-electron chi connectivity index (χ1n) is 5.06. The van der Waals surface area contributed by atoms with Crippen molar-refractivity contribution >= 4 is 17.0 Å². The lowest BCUT2D eigenvalue weighted by Crippen LogP contribution is -2.00. The van der Waals surface area contributed by atoms with Crippen molar-refractivity contribution in [2.24, 2.45) is 0 Å². The fourth-order valence-corrected chi connectivity index (χ4v) is 2.21. The molecule has 0 spiro atoms. The van der Waals surface area contributed by atoms with Crippen LogP contribution in [0, 0.1) is 18.3 Å². The van der Waals surface area contributed by atoms with Crippen LogP contribution in [-0.4, -0.2) is 0 Å². The fourth-order valence-electron chi connectivity index (χ4n) is 1.54. The van der Waals surface area contributed by atoms with Gasteiger partial charge in [0.05, 0.1) is 11.6 Å². The van der Waals surface area contributed by atoms with Gasteiger partial charge < -0.3 is 5.32 Å². The Kier molecular flexibility index (Phi) is 3.23. The maximum absolute atomic E-state index is 8.92. The normalized spacial score (nSPS) is 9.75. The van der Waals surface area contributed by atoms with Crippen molar-refractivity contribution in [1.82, 2.24) is 0 Å². The second-order valence-corrected chi connectivity index (χ2v) is 4.36. The van der Waals surface area contributed by atoms with E-state index in [2.05, 4.69) is 28.2 Å². The molecule has 0 aliphatic rings. The minimum atomic E-state index is 0.732. The van der Waals surface area contributed by atoms with Gasteiger partial charge in [-0.05, 0) is 47.0 Å². The molecule has 0 aliphatic carbocycles. The first kappa shape index (κ1) is 10.7. The first-order valence-corrected chi connectivity index (χ1v) is 6.00. The van der Waals surface area contributed by atoms with Crippen LogP contribution in [0.2, 0.25) is 0 Å². The van der Waals surface area contributed by atoms with Gasteiger partial charge in [0.1, 0.15) is 0 Å². The van der Waals surface area contributed by atoms with E-state index in [-0.39, 0.29) is 0 Å². The maximum atomic E-state index is 8.92. The lowest BCUT2D eigenvalue weighted by molar-refractivity contribution is 1.15. The first-order chi connectivity index (χ1) is 7.81. The van der Waals surface area contributed by atoms with E-state index < -0.39 is 0 Å². The van der Waals surface area contributed by atoms with Gasteiger partial charge in [-0.15, -0.1) is 0 Å². The van der Waals surface area contributed by atoms with Gasteiger partial charge in [-0.25, -0.2) is 0 Å². The van der Waals surface area contributed by atoms with E-state index in [0.29, 0.717) is 0 Å². The quantitative estimate of drug-likeness (QED) is 0.872. The Bertz CT molecular complexity index is 509. The summed E-state index contributed by atoms with van der Waals surface area (Å²) in [5.41, 5.74) is 4.05. The van der Waals surface area contributed by atoms with Crippen LogP contribution in [0.15, 0.2) is 35.0 Å². The van der Waals surface area contributed by atoms with Gasteiger partial charge in [-0.3, -0.25) is 0 Å². The highest BCUT2D eigenvalue weighted by Gasteiger charge is 2.02. The smallest absolute Gasteiger partial charge is 0.0995 e. The molecule has 2 aromatic rings. The molecule has 0 saturated heterocycles. The molecule has 0 unspecified atom stereocenters. The van der Waals surface area contributed by atoms with Crippen molar-refractivity contribution in [3.8, 4) is 6.07 Å². The number of rotatable bonds is 3. The Balaban J connectivity index is 2.13.